The van der Waals surface area contributed by atoms with E-state index < -0.39 is 13.7 Å². The molecule has 2 nitrogen and oxygen atoms in total. The van der Waals surface area contributed by atoms with Crippen LogP contribution in [0.3, 0.4) is 0 Å². The van der Waals surface area contributed by atoms with E-state index in [2.05, 4.69) is 117 Å². The van der Waals surface area contributed by atoms with E-state index in [9.17, 15) is 0 Å². The number of rotatable bonds is 5. The molecule has 231 valence electrons. The maximum atomic E-state index is 7.28. The van der Waals surface area contributed by atoms with Crippen molar-refractivity contribution >= 4 is 21.4 Å². The van der Waals surface area contributed by atoms with Crippen LogP contribution in [0.15, 0.2) is 122 Å². The fourth-order valence-electron chi connectivity index (χ4n) is 5.24. The van der Waals surface area contributed by atoms with E-state index >= 15 is 0 Å². The van der Waals surface area contributed by atoms with Crippen LogP contribution in [0, 0.1) is 32.8 Å². The van der Waals surface area contributed by atoms with Crippen LogP contribution in [0.1, 0.15) is 50.2 Å². The van der Waals surface area contributed by atoms with Gasteiger partial charge in [0.2, 0.25) is 0 Å². The van der Waals surface area contributed by atoms with Gasteiger partial charge in [0.25, 0.3) is 0 Å². The maximum absolute atomic E-state index is 7.28. The monoisotopic (exact) mass is 799 g/mol. The Morgan fingerprint density at radius 3 is 2.09 bits per heavy atom. The van der Waals surface area contributed by atoms with E-state index in [4.69, 9.17) is 13.2 Å². The topological polar surface area (TPSA) is 25.8 Å². The van der Waals surface area contributed by atoms with Gasteiger partial charge in [0.15, 0.2) is 0 Å². The van der Waals surface area contributed by atoms with Gasteiger partial charge in [0.05, 0.1) is 0 Å². The molecule has 4 heteroatoms. The Hall–Kier alpha value is -4.21. The van der Waals surface area contributed by atoms with Crippen molar-refractivity contribution < 1.29 is 28.3 Å². The van der Waals surface area contributed by atoms with Crippen molar-refractivity contribution in [1.29, 1.82) is 0 Å². The van der Waals surface area contributed by atoms with Crippen molar-refractivity contribution in [3.8, 4) is 44.1 Å². The van der Waals surface area contributed by atoms with Crippen molar-refractivity contribution in [2.24, 2.45) is 0 Å². The molecule has 0 unspecified atom stereocenters. The first kappa shape index (κ1) is 25.9. The molecule has 0 N–H and O–H groups in total. The van der Waals surface area contributed by atoms with Gasteiger partial charge in [-0.05, 0) is 58.5 Å². The van der Waals surface area contributed by atoms with Gasteiger partial charge in [0, 0.05) is 45.6 Å². The Morgan fingerprint density at radius 1 is 0.739 bits per heavy atom. The van der Waals surface area contributed by atoms with Gasteiger partial charge < -0.3 is 9.97 Å². The fraction of sp³-hybridized carbons (Fsp3) is 0.143. The molecule has 3 heterocycles. The summed E-state index contributed by atoms with van der Waals surface area (Å²) in [5, 5.41) is 1.29. The fourth-order valence-corrected chi connectivity index (χ4v) is 6.48. The summed E-state index contributed by atoms with van der Waals surface area (Å²) in [6, 6.07) is 42.0. The standard InChI is InChI=1S/C29H24NS.C13H12N.Ir/c1-19(2)23-14-15-30-26(17-23)24-16-25(21-10-6-4-7-11-21)28-20(3)29(31-27(28)18-24)22-12-8-5-9-13-22;1-10-3-6-12(7-4-10)13-8-5-11(2)9-14-13;/h4-17,19H,1-3H3;3-6,8-9H,1-2H3;/q2*-1;/i;1D3,2D3;. The minimum Gasteiger partial charge on any atom is -0.305 e. The molecule has 46 heavy (non-hydrogen) atoms. The molecule has 0 amide bonds. The zero-order chi connectivity index (χ0) is 36.3. The minimum absolute atomic E-state index is 0. The number of hydrogen-bond acceptors (Lipinski definition) is 3. The van der Waals surface area contributed by atoms with Crippen molar-refractivity contribution in [3.05, 3.63) is 156 Å². The summed E-state index contributed by atoms with van der Waals surface area (Å²) in [5.74, 6) is 0.466. The van der Waals surface area contributed by atoms with Crippen LogP contribution in [0.25, 0.3) is 54.2 Å². The molecule has 4 aromatic carbocycles. The largest absolute Gasteiger partial charge is 0.305 e. The van der Waals surface area contributed by atoms with Crippen LogP contribution in [0.4, 0.5) is 0 Å². The Bertz CT molecular complexity index is 2190. The summed E-state index contributed by atoms with van der Waals surface area (Å²) >= 11 is 1.82. The van der Waals surface area contributed by atoms with Crippen molar-refractivity contribution in [2.45, 2.75) is 40.4 Å². The molecule has 0 spiro atoms. The Balaban J connectivity index is 0.000000217. The van der Waals surface area contributed by atoms with E-state index in [1.54, 1.807) is 12.1 Å². The second kappa shape index (κ2) is 14.9. The number of nitrogens with zero attached hydrogens (tertiary/aromatic N) is 2. The summed E-state index contributed by atoms with van der Waals surface area (Å²) in [6.07, 6.45) is 3.22. The average molecular weight is 799 g/mol. The molecule has 0 bridgehead atoms. The summed E-state index contributed by atoms with van der Waals surface area (Å²) in [6.45, 7) is 2.33. The third kappa shape index (κ3) is 7.43. The number of thiophene rings is 1. The SMILES string of the molecule is Cc1c(-c2ccccc2)sc2[c-]c(-c3cc(C(C)C)ccn3)cc(-c3ccccc3)c12.[2H]C([2H])([2H])c1c[c-]c(-c2ccc(C([2H])([2H])[2H])cn2)cc1.[Ir]. The second-order valence-electron chi connectivity index (χ2n) is 11.1. The molecular formula is C42H36IrN2S-2. The van der Waals surface area contributed by atoms with Gasteiger partial charge in [0.1, 0.15) is 0 Å². The molecule has 0 aliphatic carbocycles. The minimum atomic E-state index is -2.18. The Kier molecular flexibility index (Phi) is 8.41. The van der Waals surface area contributed by atoms with Gasteiger partial charge in [-0.25, -0.2) is 0 Å². The normalized spacial score (nSPS) is 13.2. The van der Waals surface area contributed by atoms with Crippen molar-refractivity contribution in [2.75, 3.05) is 0 Å². The Morgan fingerprint density at radius 2 is 1.46 bits per heavy atom. The summed E-state index contributed by atoms with van der Waals surface area (Å²) < 4.78 is 44.8. The third-order valence-corrected chi connectivity index (χ3v) is 8.91. The summed E-state index contributed by atoms with van der Waals surface area (Å²) in [5.41, 5.74) is 9.93. The first-order valence-corrected chi connectivity index (χ1v) is 15.7. The van der Waals surface area contributed by atoms with E-state index in [1.807, 2.05) is 17.5 Å². The number of hydrogen-bond donors (Lipinski definition) is 0. The summed E-state index contributed by atoms with van der Waals surface area (Å²) in [7, 11) is 0. The number of benzene rings is 4. The molecule has 3 aromatic heterocycles. The van der Waals surface area contributed by atoms with Crippen LogP contribution in [0.2, 0.25) is 0 Å². The van der Waals surface area contributed by atoms with Gasteiger partial charge in [-0.15, -0.1) is 53.1 Å². The smallest absolute Gasteiger partial charge is 0.0280 e. The average Bonchev–Trinajstić information content (AvgIpc) is 3.47. The van der Waals surface area contributed by atoms with Crippen LogP contribution in [0.5, 0.6) is 0 Å². The predicted molar refractivity (Wildman–Crippen MR) is 192 cm³/mol. The first-order valence-electron chi connectivity index (χ1n) is 17.9. The zero-order valence-corrected chi connectivity index (χ0v) is 29.0. The van der Waals surface area contributed by atoms with Crippen LogP contribution < -0.4 is 0 Å². The van der Waals surface area contributed by atoms with E-state index in [1.165, 1.54) is 67.2 Å². The van der Waals surface area contributed by atoms with Gasteiger partial charge >= 0.3 is 0 Å². The molecule has 7 aromatic rings. The summed E-state index contributed by atoms with van der Waals surface area (Å²) in [4.78, 5) is 10.1. The van der Waals surface area contributed by atoms with E-state index in [0.29, 0.717) is 17.2 Å². The molecule has 0 aliphatic heterocycles. The molecule has 0 saturated heterocycles. The molecule has 7 rings (SSSR count). The number of fused-ring (bicyclic) bond motifs is 1. The van der Waals surface area contributed by atoms with Gasteiger partial charge in [-0.1, -0.05) is 122 Å². The van der Waals surface area contributed by atoms with Gasteiger partial charge in [-0.3, -0.25) is 0 Å². The maximum Gasteiger partial charge on any atom is 0.0280 e. The predicted octanol–water partition coefficient (Wildman–Crippen LogP) is 11.7. The van der Waals surface area contributed by atoms with Crippen molar-refractivity contribution in [1.82, 2.24) is 9.97 Å². The van der Waals surface area contributed by atoms with Crippen LogP contribution in [-0.2, 0) is 20.1 Å². The molecule has 1 radical (unpaired) electrons. The third-order valence-electron chi connectivity index (χ3n) is 7.65. The number of aryl methyl sites for hydroxylation is 3. The quantitative estimate of drug-likeness (QED) is 0.162. The van der Waals surface area contributed by atoms with E-state index in [-0.39, 0.29) is 31.2 Å². The molecule has 0 fully saturated rings. The molecule has 0 saturated carbocycles. The van der Waals surface area contributed by atoms with Crippen molar-refractivity contribution in [3.63, 3.8) is 0 Å². The van der Waals surface area contributed by atoms with E-state index in [0.717, 1.165) is 11.3 Å². The van der Waals surface area contributed by atoms with Crippen LogP contribution in [-0.4, -0.2) is 9.97 Å². The number of aromatic nitrogens is 2. The molecule has 0 aliphatic rings. The van der Waals surface area contributed by atoms with Gasteiger partial charge in [-0.2, -0.15) is 11.3 Å². The molecular weight excluding hydrogens is 757 g/mol. The number of pyridine rings is 2. The first-order chi connectivity index (χ1) is 24.3. The Labute approximate surface area is 299 Å². The second-order valence-corrected chi connectivity index (χ2v) is 12.2. The molecule has 0 atom stereocenters. The van der Waals surface area contributed by atoms with Crippen LogP contribution >= 0.6 is 11.3 Å². The zero-order valence-electron chi connectivity index (χ0n) is 31.8.